The lowest BCUT2D eigenvalue weighted by Gasteiger charge is -2.22. The van der Waals surface area contributed by atoms with Gasteiger partial charge in [0.2, 0.25) is 5.91 Å². The number of aliphatic hydroxyl groups excluding tert-OH is 2. The first kappa shape index (κ1) is 66.9. The molecule has 6 heteroatoms. The fourth-order valence-electron chi connectivity index (χ4n) is 10.1. The lowest BCUT2D eigenvalue weighted by molar-refractivity contribution is -0.143. The molecule has 3 N–H and O–H groups in total. The number of esters is 1. The molecule has 0 saturated heterocycles. The van der Waals surface area contributed by atoms with Gasteiger partial charge in [-0.1, -0.05) is 322 Å². The number of ether oxygens (including phenoxy) is 1. The van der Waals surface area contributed by atoms with Crippen molar-refractivity contribution in [2.45, 2.75) is 373 Å². The van der Waals surface area contributed by atoms with Crippen LogP contribution in [-0.2, 0) is 14.3 Å². The number of carbonyl (C=O) groups excluding carboxylic acids is 2. The Morgan fingerprint density at radius 3 is 0.897 bits per heavy atom. The first-order valence-corrected chi connectivity index (χ1v) is 31.3. The minimum atomic E-state index is -0.670. The van der Waals surface area contributed by atoms with Crippen LogP contribution in [0.25, 0.3) is 0 Å². The summed E-state index contributed by atoms with van der Waals surface area (Å²) >= 11 is 0. The van der Waals surface area contributed by atoms with Crippen LogP contribution in [0.5, 0.6) is 0 Å². The number of carbonyl (C=O) groups is 2. The zero-order chi connectivity index (χ0) is 49.3. The van der Waals surface area contributed by atoms with Gasteiger partial charge in [-0.15, -0.1) is 0 Å². The average molecular weight is 963 g/mol. The lowest BCUT2D eigenvalue weighted by atomic mass is 10.0. The molecule has 0 aliphatic heterocycles. The van der Waals surface area contributed by atoms with Crippen LogP contribution in [0.4, 0.5) is 0 Å². The second-order valence-electron chi connectivity index (χ2n) is 21.8. The maximum Gasteiger partial charge on any atom is 0.305 e. The topological polar surface area (TPSA) is 95.9 Å². The van der Waals surface area contributed by atoms with Gasteiger partial charge in [-0.05, 0) is 25.7 Å². The fourth-order valence-corrected chi connectivity index (χ4v) is 10.1. The molecule has 2 unspecified atom stereocenters. The van der Waals surface area contributed by atoms with Crippen molar-refractivity contribution in [1.82, 2.24) is 5.32 Å². The molecule has 0 radical (unpaired) electrons. The van der Waals surface area contributed by atoms with Gasteiger partial charge in [0.05, 0.1) is 25.4 Å². The predicted molar refractivity (Wildman–Crippen MR) is 297 cm³/mol. The normalized spacial score (nSPS) is 12.5. The molecule has 68 heavy (non-hydrogen) atoms. The van der Waals surface area contributed by atoms with E-state index in [9.17, 15) is 19.8 Å². The number of nitrogens with one attached hydrogen (secondary N) is 1. The Hall–Kier alpha value is -1.14. The van der Waals surface area contributed by atoms with Crippen molar-refractivity contribution in [2.75, 3.05) is 13.2 Å². The maximum atomic E-state index is 12.5. The van der Waals surface area contributed by atoms with Crippen molar-refractivity contribution in [3.05, 3.63) is 0 Å². The van der Waals surface area contributed by atoms with E-state index < -0.39 is 12.1 Å². The minimum absolute atomic E-state index is 0.00509. The smallest absolute Gasteiger partial charge is 0.305 e. The van der Waals surface area contributed by atoms with Crippen LogP contribution < -0.4 is 5.32 Å². The zero-order valence-electron chi connectivity index (χ0n) is 46.4. The van der Waals surface area contributed by atoms with Crippen LogP contribution >= 0.6 is 0 Å². The summed E-state index contributed by atoms with van der Waals surface area (Å²) in [4.78, 5) is 24.6. The highest BCUT2D eigenvalue weighted by Crippen LogP contribution is 2.19. The van der Waals surface area contributed by atoms with E-state index in [2.05, 4.69) is 19.2 Å². The molecule has 0 aromatic carbocycles. The van der Waals surface area contributed by atoms with Crippen molar-refractivity contribution >= 4 is 11.9 Å². The lowest BCUT2D eigenvalue weighted by Crippen LogP contribution is -2.45. The molecule has 0 aliphatic rings. The molecule has 0 bridgehead atoms. The maximum absolute atomic E-state index is 12.5. The Kier molecular flexibility index (Phi) is 57.5. The van der Waals surface area contributed by atoms with E-state index in [4.69, 9.17) is 4.74 Å². The summed E-state index contributed by atoms with van der Waals surface area (Å²) in [6.07, 6.45) is 68.2. The molecule has 0 rings (SSSR count). The van der Waals surface area contributed by atoms with Crippen LogP contribution in [0, 0.1) is 0 Å². The molecule has 0 fully saturated rings. The molecule has 0 aromatic heterocycles. The van der Waals surface area contributed by atoms with E-state index in [1.807, 2.05) is 0 Å². The van der Waals surface area contributed by atoms with Gasteiger partial charge in [-0.25, -0.2) is 0 Å². The Morgan fingerprint density at radius 2 is 0.603 bits per heavy atom. The number of hydrogen-bond acceptors (Lipinski definition) is 5. The van der Waals surface area contributed by atoms with Crippen molar-refractivity contribution in [1.29, 1.82) is 0 Å². The van der Waals surface area contributed by atoms with Gasteiger partial charge >= 0.3 is 5.97 Å². The van der Waals surface area contributed by atoms with Gasteiger partial charge in [0.15, 0.2) is 0 Å². The highest BCUT2D eigenvalue weighted by Gasteiger charge is 2.20. The number of hydrogen-bond donors (Lipinski definition) is 3. The first-order valence-electron chi connectivity index (χ1n) is 31.3. The van der Waals surface area contributed by atoms with E-state index in [1.54, 1.807) is 0 Å². The van der Waals surface area contributed by atoms with Gasteiger partial charge in [-0.2, -0.15) is 0 Å². The molecular weight excluding hydrogens is 839 g/mol. The number of aliphatic hydroxyl groups is 2. The predicted octanol–water partition coefficient (Wildman–Crippen LogP) is 19.5. The molecule has 0 spiro atoms. The first-order chi connectivity index (χ1) is 33.5. The Bertz CT molecular complexity index is 975. The monoisotopic (exact) mass is 962 g/mol. The van der Waals surface area contributed by atoms with E-state index in [-0.39, 0.29) is 18.5 Å². The summed E-state index contributed by atoms with van der Waals surface area (Å²) in [7, 11) is 0. The molecule has 0 saturated carbocycles. The summed E-state index contributed by atoms with van der Waals surface area (Å²) < 4.78 is 5.48. The number of rotatable bonds is 59. The van der Waals surface area contributed by atoms with E-state index >= 15 is 0 Å². The van der Waals surface area contributed by atoms with E-state index in [1.165, 1.54) is 283 Å². The van der Waals surface area contributed by atoms with Crippen molar-refractivity contribution in [3.8, 4) is 0 Å². The molecule has 0 aliphatic carbocycles. The third kappa shape index (κ3) is 54.2. The quantitative estimate of drug-likeness (QED) is 0.0417. The van der Waals surface area contributed by atoms with Crippen molar-refractivity contribution < 1.29 is 24.5 Å². The summed E-state index contributed by atoms with van der Waals surface area (Å²) in [6.45, 7) is 4.98. The van der Waals surface area contributed by atoms with Gasteiger partial charge < -0.3 is 20.3 Å². The fraction of sp³-hybridized carbons (Fsp3) is 0.968. The van der Waals surface area contributed by atoms with Crippen LogP contribution in [0.2, 0.25) is 0 Å². The van der Waals surface area contributed by atoms with Crippen LogP contribution in [-0.4, -0.2) is 47.4 Å². The standard InChI is InChI=1S/C62H123NO5/c1-3-5-7-9-11-13-15-17-19-20-21-22-23-24-27-30-34-38-42-46-50-54-60(65)59(58-64)63-61(66)55-51-47-43-39-35-31-28-25-29-33-37-41-45-49-53-57-68-62(67)56-52-48-44-40-36-32-26-18-16-14-12-10-8-6-4-2/h59-60,64-65H,3-58H2,1-2H3,(H,63,66). The van der Waals surface area contributed by atoms with Gasteiger partial charge in [-0.3, -0.25) is 9.59 Å². The Labute approximate surface area is 426 Å². The molecular formula is C62H123NO5. The molecule has 406 valence electrons. The van der Waals surface area contributed by atoms with Gasteiger partial charge in [0, 0.05) is 12.8 Å². The molecule has 2 atom stereocenters. The molecule has 0 aromatic rings. The summed E-state index contributed by atoms with van der Waals surface area (Å²) in [5.41, 5.74) is 0. The zero-order valence-corrected chi connectivity index (χ0v) is 46.4. The van der Waals surface area contributed by atoms with E-state index in [0.717, 1.165) is 44.9 Å². The summed E-state index contributed by atoms with van der Waals surface area (Å²) in [6, 6.07) is -0.547. The van der Waals surface area contributed by atoms with Crippen LogP contribution in [0.3, 0.4) is 0 Å². The number of amides is 1. The third-order valence-electron chi connectivity index (χ3n) is 14.9. The van der Waals surface area contributed by atoms with Crippen molar-refractivity contribution in [3.63, 3.8) is 0 Å². The third-order valence-corrected chi connectivity index (χ3v) is 14.9. The molecule has 0 heterocycles. The van der Waals surface area contributed by atoms with Gasteiger partial charge in [0.1, 0.15) is 0 Å². The highest BCUT2D eigenvalue weighted by atomic mass is 16.5. The molecule has 1 amide bonds. The minimum Gasteiger partial charge on any atom is -0.466 e. The van der Waals surface area contributed by atoms with Crippen molar-refractivity contribution in [2.24, 2.45) is 0 Å². The highest BCUT2D eigenvalue weighted by molar-refractivity contribution is 5.76. The second-order valence-corrected chi connectivity index (χ2v) is 21.8. The number of unbranched alkanes of at least 4 members (excludes halogenated alkanes) is 48. The van der Waals surface area contributed by atoms with Crippen LogP contribution in [0.15, 0.2) is 0 Å². The summed E-state index contributed by atoms with van der Waals surface area (Å²) in [5.74, 6) is -0.0335. The second kappa shape index (κ2) is 58.4. The average Bonchev–Trinajstić information content (AvgIpc) is 3.34. The Balaban J connectivity index is 3.41. The Morgan fingerprint density at radius 1 is 0.353 bits per heavy atom. The van der Waals surface area contributed by atoms with E-state index in [0.29, 0.717) is 25.9 Å². The SMILES string of the molecule is CCCCCCCCCCCCCCCCCCCCCCCC(O)C(CO)NC(=O)CCCCCCCCCCCCCCCCCOC(=O)CCCCCCCCCCCCCCCCC. The van der Waals surface area contributed by atoms with Crippen LogP contribution in [0.1, 0.15) is 361 Å². The van der Waals surface area contributed by atoms with Gasteiger partial charge in [0.25, 0.3) is 0 Å². The summed E-state index contributed by atoms with van der Waals surface area (Å²) in [5, 5.41) is 23.4. The largest absolute Gasteiger partial charge is 0.466 e. The molecule has 6 nitrogen and oxygen atoms in total.